The maximum absolute atomic E-state index is 11.8. The Bertz CT molecular complexity index is 322. The summed E-state index contributed by atoms with van der Waals surface area (Å²) in [5.74, 6) is 2.19. The standard InChI is InChI=1S/C11H14O2/c1-13-10-3-6-4-11(10)7(5-10)2-8(11)9(6)12/h6-8H,2-5H2,1H3. The zero-order valence-corrected chi connectivity index (χ0v) is 7.88. The molecule has 2 nitrogen and oxygen atoms in total. The summed E-state index contributed by atoms with van der Waals surface area (Å²) in [4.78, 5) is 11.8. The number of hydrogen-bond donors (Lipinski definition) is 0. The Morgan fingerprint density at radius 3 is 2.85 bits per heavy atom. The topological polar surface area (TPSA) is 26.3 Å². The average molecular weight is 178 g/mol. The fraction of sp³-hybridized carbons (Fsp3) is 0.909. The van der Waals surface area contributed by atoms with Crippen LogP contribution in [0.25, 0.3) is 0 Å². The number of Topliss-reactive ketones (excluding diaryl/α,β-unsaturated/α-hetero) is 1. The van der Waals surface area contributed by atoms with Gasteiger partial charge < -0.3 is 4.74 Å². The maximum atomic E-state index is 11.8. The lowest BCUT2D eigenvalue weighted by molar-refractivity contribution is -0.286. The maximum Gasteiger partial charge on any atom is 0.139 e. The Labute approximate surface area is 77.6 Å². The molecular weight excluding hydrogens is 164 g/mol. The van der Waals surface area contributed by atoms with Gasteiger partial charge in [-0.2, -0.15) is 0 Å². The highest BCUT2D eigenvalue weighted by atomic mass is 16.5. The highest BCUT2D eigenvalue weighted by Crippen LogP contribution is 2.82. The molecule has 0 aliphatic heterocycles. The van der Waals surface area contributed by atoms with Gasteiger partial charge in [0, 0.05) is 24.4 Å². The van der Waals surface area contributed by atoms with Crippen molar-refractivity contribution in [3.8, 4) is 0 Å². The number of rotatable bonds is 1. The van der Waals surface area contributed by atoms with Crippen LogP contribution in [0.1, 0.15) is 25.7 Å². The van der Waals surface area contributed by atoms with E-state index in [0.29, 0.717) is 23.0 Å². The summed E-state index contributed by atoms with van der Waals surface area (Å²) in [6.07, 6.45) is 4.62. The van der Waals surface area contributed by atoms with Crippen LogP contribution in [0.2, 0.25) is 0 Å². The van der Waals surface area contributed by atoms with Gasteiger partial charge in [0.15, 0.2) is 0 Å². The Kier molecular flexibility index (Phi) is 0.862. The van der Waals surface area contributed by atoms with E-state index in [4.69, 9.17) is 4.74 Å². The Balaban J connectivity index is 1.88. The Morgan fingerprint density at radius 1 is 1.38 bits per heavy atom. The molecule has 2 heteroatoms. The van der Waals surface area contributed by atoms with Gasteiger partial charge in [-0.25, -0.2) is 0 Å². The van der Waals surface area contributed by atoms with Gasteiger partial charge in [0.2, 0.25) is 0 Å². The van der Waals surface area contributed by atoms with Gasteiger partial charge in [0.25, 0.3) is 0 Å². The van der Waals surface area contributed by atoms with E-state index in [0.717, 1.165) is 18.8 Å². The Hall–Kier alpha value is -0.370. The van der Waals surface area contributed by atoms with E-state index in [-0.39, 0.29) is 5.60 Å². The molecule has 0 aromatic carbocycles. The molecule has 5 unspecified atom stereocenters. The highest BCUT2D eigenvalue weighted by molar-refractivity contribution is 5.91. The number of carbonyl (C=O) groups excluding carboxylic acids is 1. The summed E-state index contributed by atoms with van der Waals surface area (Å²) in [6.45, 7) is 0. The van der Waals surface area contributed by atoms with E-state index in [9.17, 15) is 4.79 Å². The van der Waals surface area contributed by atoms with Crippen LogP contribution in [0, 0.1) is 23.2 Å². The molecule has 4 saturated carbocycles. The molecule has 0 heterocycles. The van der Waals surface area contributed by atoms with E-state index < -0.39 is 0 Å². The SMILES string of the molecule is COC12CC3CC14C(CC4C3=O)C2. The van der Waals surface area contributed by atoms with Crippen LogP contribution in [-0.2, 0) is 9.53 Å². The van der Waals surface area contributed by atoms with Crippen LogP contribution < -0.4 is 0 Å². The number of ketones is 1. The molecule has 2 bridgehead atoms. The predicted molar refractivity (Wildman–Crippen MR) is 46.1 cm³/mol. The van der Waals surface area contributed by atoms with Crippen molar-refractivity contribution in [1.29, 1.82) is 0 Å². The fourth-order valence-electron chi connectivity index (χ4n) is 5.10. The summed E-state index contributed by atoms with van der Waals surface area (Å²) in [6, 6.07) is 0. The molecular formula is C11H14O2. The summed E-state index contributed by atoms with van der Waals surface area (Å²) in [7, 11) is 1.84. The van der Waals surface area contributed by atoms with Crippen molar-refractivity contribution in [2.75, 3.05) is 7.11 Å². The molecule has 4 aliphatic rings. The fourth-order valence-corrected chi connectivity index (χ4v) is 5.10. The van der Waals surface area contributed by atoms with Gasteiger partial charge in [-0.15, -0.1) is 0 Å². The van der Waals surface area contributed by atoms with Gasteiger partial charge in [-0.1, -0.05) is 0 Å². The second-order valence-electron chi connectivity index (χ2n) is 5.44. The van der Waals surface area contributed by atoms with Gasteiger partial charge in [0.05, 0.1) is 5.60 Å². The first-order valence-corrected chi connectivity index (χ1v) is 5.32. The van der Waals surface area contributed by atoms with Crippen molar-refractivity contribution in [3.63, 3.8) is 0 Å². The molecule has 1 spiro atoms. The summed E-state index contributed by atoms with van der Waals surface area (Å²) in [5.41, 5.74) is 0.503. The van der Waals surface area contributed by atoms with E-state index in [1.54, 1.807) is 0 Å². The third-order valence-electron chi connectivity index (χ3n) is 5.59. The molecule has 5 atom stereocenters. The first-order valence-electron chi connectivity index (χ1n) is 5.32. The normalized spacial score (nSPS) is 65.9. The second kappa shape index (κ2) is 1.60. The highest BCUT2D eigenvalue weighted by Gasteiger charge is 2.84. The lowest BCUT2D eigenvalue weighted by Crippen LogP contribution is -2.73. The predicted octanol–water partition coefficient (Wildman–Crippen LogP) is 1.39. The number of methoxy groups -OCH3 is 1. The van der Waals surface area contributed by atoms with Crippen LogP contribution in [0.5, 0.6) is 0 Å². The summed E-state index contributed by atoms with van der Waals surface area (Å²) < 4.78 is 5.72. The first kappa shape index (κ1) is 6.99. The number of ether oxygens (including phenoxy) is 1. The second-order valence-corrected chi connectivity index (χ2v) is 5.44. The van der Waals surface area contributed by atoms with Gasteiger partial charge >= 0.3 is 0 Å². The van der Waals surface area contributed by atoms with Gasteiger partial charge in [0.1, 0.15) is 5.78 Å². The molecule has 70 valence electrons. The molecule has 0 N–H and O–H groups in total. The van der Waals surface area contributed by atoms with E-state index >= 15 is 0 Å². The van der Waals surface area contributed by atoms with Gasteiger partial charge in [-0.05, 0) is 31.6 Å². The minimum Gasteiger partial charge on any atom is -0.378 e. The molecule has 0 amide bonds. The van der Waals surface area contributed by atoms with Crippen molar-refractivity contribution in [1.82, 2.24) is 0 Å². The van der Waals surface area contributed by atoms with Crippen LogP contribution in [0.4, 0.5) is 0 Å². The average Bonchev–Trinajstić information content (AvgIpc) is 2.55. The smallest absolute Gasteiger partial charge is 0.139 e. The van der Waals surface area contributed by atoms with Crippen LogP contribution in [-0.4, -0.2) is 18.5 Å². The largest absolute Gasteiger partial charge is 0.378 e. The van der Waals surface area contributed by atoms with Crippen LogP contribution in [0.15, 0.2) is 0 Å². The van der Waals surface area contributed by atoms with Crippen molar-refractivity contribution in [3.05, 3.63) is 0 Å². The first-order chi connectivity index (χ1) is 6.23. The van der Waals surface area contributed by atoms with Crippen molar-refractivity contribution in [2.24, 2.45) is 23.2 Å². The quantitative estimate of drug-likeness (QED) is 0.606. The van der Waals surface area contributed by atoms with E-state index in [1.807, 2.05) is 7.11 Å². The molecule has 4 fully saturated rings. The lowest BCUT2D eigenvalue weighted by Gasteiger charge is -2.70. The number of carbonyl (C=O) groups is 1. The molecule has 0 saturated heterocycles. The number of fused-ring (bicyclic) bond motifs is 1. The number of hydrogen-bond acceptors (Lipinski definition) is 2. The van der Waals surface area contributed by atoms with E-state index in [2.05, 4.69) is 0 Å². The molecule has 0 aromatic rings. The Morgan fingerprint density at radius 2 is 2.23 bits per heavy atom. The van der Waals surface area contributed by atoms with Crippen molar-refractivity contribution < 1.29 is 9.53 Å². The monoisotopic (exact) mass is 178 g/mol. The zero-order valence-electron chi connectivity index (χ0n) is 7.88. The summed E-state index contributed by atoms with van der Waals surface area (Å²) in [5, 5.41) is 0. The summed E-state index contributed by atoms with van der Waals surface area (Å²) >= 11 is 0. The zero-order chi connectivity index (χ0) is 8.84. The molecule has 4 rings (SSSR count). The van der Waals surface area contributed by atoms with Crippen LogP contribution >= 0.6 is 0 Å². The molecule has 0 radical (unpaired) electrons. The molecule has 0 aromatic heterocycles. The third kappa shape index (κ3) is 0.421. The van der Waals surface area contributed by atoms with E-state index in [1.165, 1.54) is 12.8 Å². The third-order valence-corrected chi connectivity index (χ3v) is 5.59. The lowest BCUT2D eigenvalue weighted by atomic mass is 9.36. The van der Waals surface area contributed by atoms with Crippen LogP contribution in [0.3, 0.4) is 0 Å². The van der Waals surface area contributed by atoms with Gasteiger partial charge in [-0.3, -0.25) is 4.79 Å². The molecule has 4 aliphatic carbocycles. The van der Waals surface area contributed by atoms with Crippen molar-refractivity contribution in [2.45, 2.75) is 31.3 Å². The minimum absolute atomic E-state index is 0.152. The van der Waals surface area contributed by atoms with Crippen molar-refractivity contribution >= 4 is 5.78 Å². The minimum atomic E-state index is 0.152. The molecule has 13 heavy (non-hydrogen) atoms.